The van der Waals surface area contributed by atoms with Gasteiger partial charge in [-0.1, -0.05) is 76.8 Å². The zero-order valence-corrected chi connectivity index (χ0v) is 40.2. The molecule has 370 valence electrons. The number of nitrogens with two attached hydrogens (primary N) is 1. The number of ether oxygens (including phenoxy) is 2. The largest absolute Gasteiger partial charge is 0.394 e. The molecule has 1 saturated heterocycles. The number of aliphatic hydroxyl groups excluding tert-OH is 1. The van der Waals surface area contributed by atoms with Crippen molar-refractivity contribution in [2.75, 3.05) is 46.2 Å². The summed E-state index contributed by atoms with van der Waals surface area (Å²) in [5.74, 6) is -7.09. The minimum atomic E-state index is -4.57. The van der Waals surface area contributed by atoms with Crippen LogP contribution in [0.3, 0.4) is 0 Å². The van der Waals surface area contributed by atoms with Gasteiger partial charge in [-0.2, -0.15) is 0 Å². The molecule has 0 aliphatic carbocycles. The van der Waals surface area contributed by atoms with Gasteiger partial charge < -0.3 is 50.2 Å². The Hall–Kier alpha value is -4.32. The van der Waals surface area contributed by atoms with E-state index in [4.69, 9.17) is 15.2 Å². The lowest BCUT2D eigenvalue weighted by Crippen LogP contribution is -2.52. The SMILES string of the molecule is COCCOCCC(=O)N1CCC[C@H]1C(=O)N[C@@H](CC(C)C)C(=O)C[C@@H](Cc1cncn1CCCCCCCCc1ccccc1)C(=O)N[C@@H](CO)C(=O)C[C@H](C(N)=O)[C@@H](C)CP(=O)(O)O. The molecule has 1 aliphatic heterocycles. The summed E-state index contributed by atoms with van der Waals surface area (Å²) in [4.78, 5) is 106. The van der Waals surface area contributed by atoms with E-state index >= 15 is 0 Å². The molecular formula is C47H75N6O12P. The molecule has 66 heavy (non-hydrogen) atoms. The Morgan fingerprint density at radius 2 is 1.59 bits per heavy atom. The molecule has 7 N–H and O–H groups in total. The third-order valence-electron chi connectivity index (χ3n) is 12.1. The third-order valence-corrected chi connectivity index (χ3v) is 13.1. The molecule has 6 atom stereocenters. The van der Waals surface area contributed by atoms with Crippen LogP contribution in [-0.2, 0) is 62.2 Å². The van der Waals surface area contributed by atoms with E-state index in [9.17, 15) is 48.2 Å². The first-order chi connectivity index (χ1) is 31.4. The summed E-state index contributed by atoms with van der Waals surface area (Å²) < 4.78 is 24.0. The molecule has 1 aliphatic rings. The molecule has 0 spiro atoms. The van der Waals surface area contributed by atoms with Crippen molar-refractivity contribution in [3.05, 3.63) is 54.1 Å². The van der Waals surface area contributed by atoms with Gasteiger partial charge in [0.05, 0.1) is 57.3 Å². The van der Waals surface area contributed by atoms with Crippen molar-refractivity contribution in [2.45, 2.75) is 135 Å². The van der Waals surface area contributed by atoms with E-state index in [1.807, 2.05) is 24.5 Å². The summed E-state index contributed by atoms with van der Waals surface area (Å²) >= 11 is 0. The first-order valence-electron chi connectivity index (χ1n) is 23.4. The number of hydrogen-bond acceptors (Lipinski definition) is 11. The van der Waals surface area contributed by atoms with Gasteiger partial charge >= 0.3 is 7.60 Å². The molecule has 1 aromatic heterocycles. The molecule has 1 aromatic carbocycles. The zero-order valence-electron chi connectivity index (χ0n) is 39.3. The first-order valence-corrected chi connectivity index (χ1v) is 25.2. The third kappa shape index (κ3) is 20.3. The highest BCUT2D eigenvalue weighted by Crippen LogP contribution is 2.39. The first kappa shape index (κ1) is 56.0. The number of aryl methyl sites for hydroxylation is 2. The molecule has 0 radical (unpaired) electrons. The molecule has 2 heterocycles. The fraction of sp³-hybridized carbons (Fsp3) is 0.681. The number of imidazole rings is 1. The van der Waals surface area contributed by atoms with Crippen LogP contribution in [0.1, 0.15) is 109 Å². The Labute approximate surface area is 389 Å². The molecule has 1 fully saturated rings. The van der Waals surface area contributed by atoms with Crippen LogP contribution in [0.5, 0.6) is 0 Å². The Bertz CT molecular complexity index is 1870. The molecule has 18 nitrogen and oxygen atoms in total. The predicted molar refractivity (Wildman–Crippen MR) is 248 cm³/mol. The zero-order chi connectivity index (χ0) is 48.6. The Balaban J connectivity index is 1.77. The van der Waals surface area contributed by atoms with Crippen molar-refractivity contribution in [1.82, 2.24) is 25.1 Å². The molecule has 19 heteroatoms. The number of amides is 4. The summed E-state index contributed by atoms with van der Waals surface area (Å²) in [6, 6.07) is 7.08. The van der Waals surface area contributed by atoms with Gasteiger partial charge in [0.25, 0.3) is 0 Å². The van der Waals surface area contributed by atoms with Crippen LogP contribution in [0, 0.1) is 23.7 Å². The van der Waals surface area contributed by atoms with Crippen molar-refractivity contribution in [3.63, 3.8) is 0 Å². The number of rotatable bonds is 34. The summed E-state index contributed by atoms with van der Waals surface area (Å²) in [6.07, 6.45) is 10.3. The Morgan fingerprint density at radius 1 is 0.909 bits per heavy atom. The lowest BCUT2D eigenvalue weighted by Gasteiger charge is -2.28. The normalized spacial score (nSPS) is 16.4. The number of unbranched alkanes of at least 4 members (excludes halogenated alkanes) is 5. The van der Waals surface area contributed by atoms with E-state index in [0.29, 0.717) is 44.8 Å². The maximum absolute atomic E-state index is 14.3. The van der Waals surface area contributed by atoms with Gasteiger partial charge in [0, 0.05) is 57.3 Å². The van der Waals surface area contributed by atoms with Crippen molar-refractivity contribution < 1.29 is 57.7 Å². The number of carbonyl (C=O) groups excluding carboxylic acids is 6. The number of aliphatic hydroxyl groups is 1. The highest BCUT2D eigenvalue weighted by atomic mass is 31.2. The summed E-state index contributed by atoms with van der Waals surface area (Å²) in [5, 5.41) is 15.8. The lowest BCUT2D eigenvalue weighted by molar-refractivity contribution is -0.140. The van der Waals surface area contributed by atoms with Crippen LogP contribution in [0.25, 0.3) is 0 Å². The minimum Gasteiger partial charge on any atom is -0.394 e. The number of aromatic nitrogens is 2. The predicted octanol–water partition coefficient (Wildman–Crippen LogP) is 3.51. The van der Waals surface area contributed by atoms with Gasteiger partial charge in [0.2, 0.25) is 23.6 Å². The van der Waals surface area contributed by atoms with Crippen molar-refractivity contribution >= 4 is 42.8 Å². The van der Waals surface area contributed by atoms with E-state index in [1.54, 1.807) is 19.6 Å². The van der Waals surface area contributed by atoms with Crippen LogP contribution in [-0.4, -0.2) is 129 Å². The number of Topliss-reactive ketones (excluding diaryl/α,β-unsaturated/α-hetero) is 2. The van der Waals surface area contributed by atoms with Crippen molar-refractivity contribution in [2.24, 2.45) is 29.4 Å². The maximum Gasteiger partial charge on any atom is 0.325 e. The molecule has 2 aromatic rings. The number of likely N-dealkylation sites (tertiary alicyclic amines) is 1. The van der Waals surface area contributed by atoms with E-state index in [0.717, 1.165) is 44.9 Å². The smallest absolute Gasteiger partial charge is 0.325 e. The lowest BCUT2D eigenvalue weighted by atomic mass is 9.87. The van der Waals surface area contributed by atoms with Gasteiger partial charge in [-0.15, -0.1) is 0 Å². The topological polar surface area (TPSA) is 270 Å². The van der Waals surface area contributed by atoms with Crippen LogP contribution in [0.4, 0.5) is 0 Å². The van der Waals surface area contributed by atoms with E-state index in [2.05, 4.69) is 39.9 Å². The monoisotopic (exact) mass is 947 g/mol. The molecule has 0 bridgehead atoms. The number of hydrogen-bond donors (Lipinski definition) is 6. The molecule has 4 amide bonds. The summed E-state index contributed by atoms with van der Waals surface area (Å²) in [5.41, 5.74) is 7.52. The van der Waals surface area contributed by atoms with Crippen molar-refractivity contribution in [3.8, 4) is 0 Å². The summed E-state index contributed by atoms with van der Waals surface area (Å²) in [6.45, 7) is 6.19. The summed E-state index contributed by atoms with van der Waals surface area (Å²) in [7, 11) is -3.02. The Kier molecular flexibility index (Phi) is 25.0. The van der Waals surface area contributed by atoms with Crippen LogP contribution in [0.15, 0.2) is 42.9 Å². The molecular weight excluding hydrogens is 872 g/mol. The quantitative estimate of drug-likeness (QED) is 0.0434. The fourth-order valence-electron chi connectivity index (χ4n) is 8.43. The van der Waals surface area contributed by atoms with Gasteiger partial charge in [0.1, 0.15) is 12.1 Å². The number of nitrogens with zero attached hydrogens (tertiary/aromatic N) is 3. The van der Waals surface area contributed by atoms with Crippen LogP contribution < -0.4 is 16.4 Å². The number of methoxy groups -OCH3 is 1. The second-order valence-corrected chi connectivity index (χ2v) is 19.7. The number of carbonyl (C=O) groups is 6. The number of primary amides is 1. The van der Waals surface area contributed by atoms with Gasteiger partial charge in [-0.3, -0.25) is 33.3 Å². The van der Waals surface area contributed by atoms with Crippen LogP contribution in [0.2, 0.25) is 0 Å². The second kappa shape index (κ2) is 29.4. The number of nitrogens with one attached hydrogen (secondary N) is 2. The van der Waals surface area contributed by atoms with Gasteiger partial charge in [-0.05, 0) is 55.9 Å². The van der Waals surface area contributed by atoms with Gasteiger partial charge in [0.15, 0.2) is 11.6 Å². The van der Waals surface area contributed by atoms with Crippen LogP contribution >= 0.6 is 7.60 Å². The van der Waals surface area contributed by atoms with E-state index < -0.39 is 92.0 Å². The highest BCUT2D eigenvalue weighted by molar-refractivity contribution is 7.51. The Morgan fingerprint density at radius 3 is 2.24 bits per heavy atom. The minimum absolute atomic E-state index is 0.0202. The van der Waals surface area contributed by atoms with E-state index in [-0.39, 0.29) is 44.1 Å². The second-order valence-electron chi connectivity index (χ2n) is 18.0. The number of ketones is 2. The van der Waals surface area contributed by atoms with Gasteiger partial charge in [-0.25, -0.2) is 4.98 Å². The molecule has 3 rings (SSSR count). The fourth-order valence-corrected chi connectivity index (χ4v) is 9.44. The average molecular weight is 947 g/mol. The number of benzene rings is 1. The molecule has 0 saturated carbocycles. The van der Waals surface area contributed by atoms with E-state index in [1.165, 1.54) is 17.4 Å². The average Bonchev–Trinajstić information content (AvgIpc) is 3.94. The molecule has 0 unspecified atom stereocenters. The van der Waals surface area contributed by atoms with Crippen molar-refractivity contribution in [1.29, 1.82) is 0 Å². The standard InChI is InChI=1S/C47H75N6O12P/c1-33(2)25-39(50-47(60)41-18-14-21-53(41)44(57)19-22-65-24-23-64-4)42(55)27-36(46(59)51-40(30-54)43(56)28-38(45(48)58)34(3)31-66(61,62)63)26-37-29-49-32-52(37)20-13-8-6-5-7-10-15-35-16-11-9-12-17-35/h9,11-12,16-17,29,32-34,36,38-41,54H,5-8,10,13-15,18-28,30-31H2,1-4H3,(H2,48,58)(H,50,60)(H,51,59)(H2,61,62,63)/t34-,36+,38-,39-,40-,41-/m0/s1. The highest BCUT2D eigenvalue weighted by Gasteiger charge is 2.38. The maximum atomic E-state index is 14.3.